The van der Waals surface area contributed by atoms with Crippen LogP contribution >= 0.6 is 23.5 Å². The molecule has 2 radical (unpaired) electrons. The predicted octanol–water partition coefficient (Wildman–Crippen LogP) is 3.71. The Hall–Kier alpha value is -1.27. The van der Waals surface area contributed by atoms with Gasteiger partial charge in [-0.1, -0.05) is 54.1 Å². The fraction of sp³-hybridized carbons (Fsp3) is 0.312. The van der Waals surface area contributed by atoms with Crippen LogP contribution in [0, 0.1) is 0 Å². The average Bonchev–Trinajstić information content (AvgIpc) is 2.66. The molecule has 0 bridgehead atoms. The van der Waals surface area contributed by atoms with Crippen molar-refractivity contribution in [3.8, 4) is 0 Å². The summed E-state index contributed by atoms with van der Waals surface area (Å²) in [5.41, 5.74) is 2.16. The number of aliphatic imine (C=N–C) groups is 1. The van der Waals surface area contributed by atoms with Gasteiger partial charge >= 0.3 is 0 Å². The average molecular weight is 325 g/mol. The van der Waals surface area contributed by atoms with Crippen LogP contribution in [0.1, 0.15) is 31.2 Å². The molecular weight excluding hydrogens is 309 g/mol. The van der Waals surface area contributed by atoms with Gasteiger partial charge in [0, 0.05) is 17.2 Å². The lowest BCUT2D eigenvalue weighted by atomic mass is 9.90. The summed E-state index contributed by atoms with van der Waals surface area (Å²) in [6, 6.07) is 8.02. The molecule has 22 heavy (non-hydrogen) atoms. The number of aromatic nitrogens is 2. The molecule has 3 nitrogen and oxygen atoms in total. The van der Waals surface area contributed by atoms with E-state index in [4.69, 9.17) is 12.8 Å². The Labute approximate surface area is 140 Å². The first-order valence-corrected chi connectivity index (χ1v) is 9.21. The van der Waals surface area contributed by atoms with Crippen molar-refractivity contribution in [3.63, 3.8) is 0 Å². The maximum absolute atomic E-state index is 5.94. The Kier molecular flexibility index (Phi) is 4.88. The molecule has 0 aliphatic carbocycles. The SMILES string of the molecule is [B]c1ccc2c(c1)SC(=Nc1ccnc(SC)n1)CCC2C. The van der Waals surface area contributed by atoms with Gasteiger partial charge in [-0.2, -0.15) is 0 Å². The molecule has 1 aromatic carbocycles. The third-order valence-electron chi connectivity index (χ3n) is 3.63. The van der Waals surface area contributed by atoms with E-state index in [1.54, 1.807) is 18.0 Å². The molecule has 0 N–H and O–H groups in total. The third kappa shape index (κ3) is 3.55. The summed E-state index contributed by atoms with van der Waals surface area (Å²) in [5.74, 6) is 1.24. The van der Waals surface area contributed by atoms with Crippen LogP contribution in [-0.4, -0.2) is 29.1 Å². The quantitative estimate of drug-likeness (QED) is 0.479. The van der Waals surface area contributed by atoms with Crippen LogP contribution in [0.5, 0.6) is 0 Å². The maximum Gasteiger partial charge on any atom is 0.189 e. The summed E-state index contributed by atoms with van der Waals surface area (Å²) in [4.78, 5) is 14.6. The van der Waals surface area contributed by atoms with Crippen molar-refractivity contribution in [1.82, 2.24) is 9.97 Å². The molecule has 1 aromatic heterocycles. The van der Waals surface area contributed by atoms with E-state index < -0.39 is 0 Å². The second-order valence-corrected chi connectivity index (χ2v) is 7.13. The summed E-state index contributed by atoms with van der Waals surface area (Å²) in [6.45, 7) is 2.26. The van der Waals surface area contributed by atoms with Crippen molar-refractivity contribution in [2.24, 2.45) is 4.99 Å². The first-order chi connectivity index (χ1) is 10.7. The number of thioether (sulfide) groups is 2. The number of fused-ring (bicyclic) bond motifs is 1. The zero-order chi connectivity index (χ0) is 15.5. The maximum atomic E-state index is 5.94. The van der Waals surface area contributed by atoms with Gasteiger partial charge in [0.25, 0.3) is 0 Å². The number of rotatable bonds is 2. The summed E-state index contributed by atoms with van der Waals surface area (Å²) in [7, 11) is 5.94. The smallest absolute Gasteiger partial charge is 0.189 e. The molecule has 110 valence electrons. The van der Waals surface area contributed by atoms with E-state index in [1.165, 1.54) is 22.2 Å². The van der Waals surface area contributed by atoms with Crippen LogP contribution < -0.4 is 5.46 Å². The van der Waals surface area contributed by atoms with Gasteiger partial charge in [0.15, 0.2) is 11.0 Å². The van der Waals surface area contributed by atoms with Crippen molar-refractivity contribution in [3.05, 3.63) is 36.0 Å². The lowest BCUT2D eigenvalue weighted by Gasteiger charge is -2.11. The molecule has 1 atom stereocenters. The second-order valence-electron chi connectivity index (χ2n) is 5.25. The van der Waals surface area contributed by atoms with Crippen molar-refractivity contribution in [1.29, 1.82) is 0 Å². The molecule has 2 heterocycles. The monoisotopic (exact) mass is 325 g/mol. The Morgan fingerprint density at radius 1 is 1.36 bits per heavy atom. The topological polar surface area (TPSA) is 38.1 Å². The molecule has 0 saturated carbocycles. The van der Waals surface area contributed by atoms with Gasteiger partial charge in [-0.3, -0.25) is 0 Å². The van der Waals surface area contributed by atoms with E-state index in [2.05, 4.69) is 23.0 Å². The fourth-order valence-electron chi connectivity index (χ4n) is 2.42. The minimum atomic E-state index is 0.517. The third-order valence-corrected chi connectivity index (χ3v) is 5.29. The van der Waals surface area contributed by atoms with E-state index in [0.29, 0.717) is 5.92 Å². The number of hydrogen-bond acceptors (Lipinski definition) is 5. The zero-order valence-corrected chi connectivity index (χ0v) is 14.2. The van der Waals surface area contributed by atoms with Crippen molar-refractivity contribution >= 4 is 47.7 Å². The normalized spacial score (nSPS) is 19.7. The summed E-state index contributed by atoms with van der Waals surface area (Å²) in [5, 5.41) is 1.83. The van der Waals surface area contributed by atoms with Crippen LogP contribution in [0.25, 0.3) is 0 Å². The molecule has 3 rings (SSSR count). The molecule has 2 aromatic rings. The van der Waals surface area contributed by atoms with Gasteiger partial charge < -0.3 is 0 Å². The predicted molar refractivity (Wildman–Crippen MR) is 96.2 cm³/mol. The fourth-order valence-corrected chi connectivity index (χ4v) is 3.96. The summed E-state index contributed by atoms with van der Waals surface area (Å²) < 4.78 is 0. The molecule has 0 saturated heterocycles. The highest BCUT2D eigenvalue weighted by molar-refractivity contribution is 8.14. The molecule has 1 aliphatic rings. The molecular formula is C16H16BN3S2. The van der Waals surface area contributed by atoms with Crippen LogP contribution in [0.4, 0.5) is 5.82 Å². The van der Waals surface area contributed by atoms with Gasteiger partial charge in [0.1, 0.15) is 7.85 Å². The molecule has 0 amide bonds. The van der Waals surface area contributed by atoms with Crippen LogP contribution in [-0.2, 0) is 0 Å². The first-order valence-electron chi connectivity index (χ1n) is 7.17. The summed E-state index contributed by atoms with van der Waals surface area (Å²) in [6.07, 6.45) is 5.77. The van der Waals surface area contributed by atoms with Crippen LogP contribution in [0.15, 0.2) is 45.5 Å². The van der Waals surface area contributed by atoms with Crippen LogP contribution in [0.2, 0.25) is 0 Å². The van der Waals surface area contributed by atoms with Crippen LogP contribution in [0.3, 0.4) is 0 Å². The molecule has 6 heteroatoms. The Bertz CT molecular complexity index is 718. The van der Waals surface area contributed by atoms with Gasteiger partial charge in [-0.05, 0) is 30.6 Å². The zero-order valence-electron chi connectivity index (χ0n) is 12.6. The van der Waals surface area contributed by atoms with Crippen molar-refractivity contribution in [2.45, 2.75) is 35.7 Å². The lowest BCUT2D eigenvalue weighted by Crippen LogP contribution is -2.04. The highest BCUT2D eigenvalue weighted by atomic mass is 32.2. The van der Waals surface area contributed by atoms with Crippen molar-refractivity contribution in [2.75, 3.05) is 6.26 Å². The van der Waals surface area contributed by atoms with Gasteiger partial charge in [0.2, 0.25) is 0 Å². The van der Waals surface area contributed by atoms with Gasteiger partial charge in [-0.15, -0.1) is 0 Å². The Morgan fingerprint density at radius 3 is 3.05 bits per heavy atom. The van der Waals surface area contributed by atoms with E-state index in [0.717, 1.165) is 34.3 Å². The van der Waals surface area contributed by atoms with E-state index in [1.807, 2.05) is 24.5 Å². The van der Waals surface area contributed by atoms with Gasteiger partial charge in [-0.25, -0.2) is 15.0 Å². The molecule has 0 spiro atoms. The standard InChI is InChI=1S/C16H16BN3S2/c1-10-3-6-15(19-14-7-8-18-16(20-14)21-2)22-13-9-11(17)4-5-12(10)13/h4-5,7-10H,3,6H2,1-2H3. The Morgan fingerprint density at radius 2 is 2.23 bits per heavy atom. The van der Waals surface area contributed by atoms with E-state index in [9.17, 15) is 0 Å². The molecule has 0 fully saturated rings. The lowest BCUT2D eigenvalue weighted by molar-refractivity contribution is 0.698. The van der Waals surface area contributed by atoms with Gasteiger partial charge in [0.05, 0.1) is 5.04 Å². The minimum Gasteiger partial charge on any atom is -0.231 e. The number of nitrogens with zero attached hydrogens (tertiary/aromatic N) is 3. The minimum absolute atomic E-state index is 0.517. The first kappa shape index (κ1) is 15.6. The highest BCUT2D eigenvalue weighted by Gasteiger charge is 2.19. The highest BCUT2D eigenvalue weighted by Crippen LogP contribution is 2.37. The molecule has 1 unspecified atom stereocenters. The number of hydrogen-bond donors (Lipinski definition) is 0. The van der Waals surface area contributed by atoms with E-state index >= 15 is 0 Å². The second kappa shape index (κ2) is 6.88. The summed E-state index contributed by atoms with van der Waals surface area (Å²) >= 11 is 3.23. The Balaban J connectivity index is 1.93. The largest absolute Gasteiger partial charge is 0.231 e. The van der Waals surface area contributed by atoms with Crippen molar-refractivity contribution < 1.29 is 0 Å². The van der Waals surface area contributed by atoms with E-state index in [-0.39, 0.29) is 0 Å². The molecule has 1 aliphatic heterocycles. The number of benzene rings is 1.